The Balaban J connectivity index is 1.49. The van der Waals surface area contributed by atoms with Crippen LogP contribution in [0.1, 0.15) is 26.3 Å². The van der Waals surface area contributed by atoms with Crippen LogP contribution < -0.4 is 20.2 Å². The number of hydrogen-bond acceptors (Lipinski definition) is 7. The molecular weight excluding hydrogens is 522 g/mol. The predicted molar refractivity (Wildman–Crippen MR) is 145 cm³/mol. The van der Waals surface area contributed by atoms with E-state index in [-0.39, 0.29) is 17.1 Å². The van der Waals surface area contributed by atoms with Gasteiger partial charge in [0, 0.05) is 22.3 Å². The molecule has 194 valence electrons. The first-order valence-corrected chi connectivity index (χ1v) is 11.9. The second-order valence-corrected chi connectivity index (χ2v) is 8.31. The van der Waals surface area contributed by atoms with Gasteiger partial charge in [-0.05, 0) is 60.7 Å². The van der Waals surface area contributed by atoms with Gasteiger partial charge in [0.15, 0.2) is 0 Å². The summed E-state index contributed by atoms with van der Waals surface area (Å²) in [7, 11) is 0. The van der Waals surface area contributed by atoms with Crippen LogP contribution in [0.4, 0.5) is 5.69 Å². The molecule has 0 unspecified atom stereocenters. The number of ether oxygens (including phenoxy) is 2. The average Bonchev–Trinajstić information content (AvgIpc) is 2.96. The molecule has 0 spiro atoms. The molecule has 10 heteroatoms. The third-order valence-electron chi connectivity index (χ3n) is 5.10. The van der Waals surface area contributed by atoms with E-state index in [9.17, 15) is 19.2 Å². The van der Waals surface area contributed by atoms with Crippen molar-refractivity contribution in [1.82, 2.24) is 5.43 Å². The number of amides is 2. The van der Waals surface area contributed by atoms with Crippen LogP contribution in [-0.4, -0.2) is 30.0 Å². The number of anilines is 1. The second-order valence-electron chi connectivity index (χ2n) is 7.87. The Morgan fingerprint density at radius 3 is 1.90 bits per heavy atom. The van der Waals surface area contributed by atoms with Gasteiger partial charge < -0.3 is 14.8 Å². The van der Waals surface area contributed by atoms with E-state index in [1.807, 2.05) is 0 Å². The molecule has 0 saturated carbocycles. The molecule has 0 saturated heterocycles. The van der Waals surface area contributed by atoms with Gasteiger partial charge in [0.1, 0.15) is 11.5 Å². The highest BCUT2D eigenvalue weighted by Crippen LogP contribution is 2.26. The highest BCUT2D eigenvalue weighted by atomic mass is 35.5. The van der Waals surface area contributed by atoms with Crippen LogP contribution in [0.3, 0.4) is 0 Å². The molecule has 2 amide bonds. The minimum absolute atomic E-state index is 0.00540. The molecule has 0 aliphatic heterocycles. The number of benzene rings is 4. The van der Waals surface area contributed by atoms with Crippen LogP contribution in [0.15, 0.2) is 108 Å². The Morgan fingerprint density at radius 1 is 0.692 bits per heavy atom. The van der Waals surface area contributed by atoms with Crippen molar-refractivity contribution >= 4 is 47.3 Å². The minimum Gasteiger partial charge on any atom is -0.423 e. The molecule has 9 nitrogen and oxygen atoms in total. The number of hydrogen-bond donors (Lipinski definition) is 2. The Kier molecular flexibility index (Phi) is 8.79. The minimum atomic E-state index is -1.03. The summed E-state index contributed by atoms with van der Waals surface area (Å²) in [4.78, 5) is 49.4. The van der Waals surface area contributed by atoms with Gasteiger partial charge in [-0.15, -0.1) is 0 Å². The third kappa shape index (κ3) is 7.61. The molecule has 0 fully saturated rings. The number of nitrogens with zero attached hydrogens (tertiary/aromatic N) is 1. The number of halogens is 1. The number of rotatable bonds is 7. The molecule has 4 aromatic rings. The lowest BCUT2D eigenvalue weighted by molar-refractivity contribution is -0.136. The Hall–Kier alpha value is -5.28. The van der Waals surface area contributed by atoms with E-state index in [0.29, 0.717) is 21.8 Å². The smallest absolute Gasteiger partial charge is 0.343 e. The molecule has 0 atom stereocenters. The number of esters is 2. The van der Waals surface area contributed by atoms with E-state index in [4.69, 9.17) is 21.1 Å². The molecule has 0 radical (unpaired) electrons. The molecule has 4 aromatic carbocycles. The highest BCUT2D eigenvalue weighted by molar-refractivity contribution is 6.39. The standard InChI is InChI=1S/C29H20ClN3O6/c30-22-12-14-23(15-13-22)32-26(34)27(35)33-31-18-21-11-16-24(38-28(36)19-7-3-1-4-8-19)17-25(21)39-29(37)20-9-5-2-6-10-20/h1-18H,(H,32,34)(H,33,35)/b31-18-. The molecular formula is C29H20ClN3O6. The normalized spacial score (nSPS) is 10.5. The van der Waals surface area contributed by atoms with Crippen molar-refractivity contribution in [2.24, 2.45) is 5.10 Å². The monoisotopic (exact) mass is 541 g/mol. The molecule has 2 N–H and O–H groups in total. The van der Waals surface area contributed by atoms with Crippen LogP contribution in [0.5, 0.6) is 11.5 Å². The van der Waals surface area contributed by atoms with Crippen LogP contribution in [0.25, 0.3) is 0 Å². The lowest BCUT2D eigenvalue weighted by atomic mass is 10.2. The zero-order chi connectivity index (χ0) is 27.6. The van der Waals surface area contributed by atoms with Crippen molar-refractivity contribution in [3.63, 3.8) is 0 Å². The Morgan fingerprint density at radius 2 is 1.28 bits per heavy atom. The highest BCUT2D eigenvalue weighted by Gasteiger charge is 2.16. The van der Waals surface area contributed by atoms with Crippen LogP contribution >= 0.6 is 11.6 Å². The van der Waals surface area contributed by atoms with E-state index in [1.54, 1.807) is 72.8 Å². The van der Waals surface area contributed by atoms with E-state index in [2.05, 4.69) is 15.8 Å². The van der Waals surface area contributed by atoms with Crippen molar-refractivity contribution in [3.8, 4) is 11.5 Å². The first kappa shape index (κ1) is 26.8. The van der Waals surface area contributed by atoms with Crippen LogP contribution in [0.2, 0.25) is 5.02 Å². The Bertz CT molecular complexity index is 1520. The molecule has 0 aromatic heterocycles. The van der Waals surface area contributed by atoms with Crippen molar-refractivity contribution < 1.29 is 28.7 Å². The van der Waals surface area contributed by atoms with Gasteiger partial charge >= 0.3 is 23.8 Å². The average molecular weight is 542 g/mol. The van der Waals surface area contributed by atoms with Crippen LogP contribution in [0, 0.1) is 0 Å². The molecule has 0 aliphatic rings. The van der Waals surface area contributed by atoms with Crippen molar-refractivity contribution in [3.05, 3.63) is 125 Å². The molecule has 0 bridgehead atoms. The summed E-state index contributed by atoms with van der Waals surface area (Å²) < 4.78 is 10.9. The summed E-state index contributed by atoms with van der Waals surface area (Å²) in [6, 6.07) is 27.1. The van der Waals surface area contributed by atoms with E-state index in [1.165, 1.54) is 36.5 Å². The fourth-order valence-electron chi connectivity index (χ4n) is 3.18. The van der Waals surface area contributed by atoms with Gasteiger partial charge in [0.05, 0.1) is 17.3 Å². The lowest BCUT2D eigenvalue weighted by Gasteiger charge is -2.10. The fourth-order valence-corrected chi connectivity index (χ4v) is 3.30. The van der Waals surface area contributed by atoms with E-state index in [0.717, 1.165) is 0 Å². The first-order valence-electron chi connectivity index (χ1n) is 11.5. The summed E-state index contributed by atoms with van der Waals surface area (Å²) >= 11 is 5.81. The first-order chi connectivity index (χ1) is 18.9. The van der Waals surface area contributed by atoms with Gasteiger partial charge in [0.25, 0.3) is 0 Å². The number of nitrogens with one attached hydrogen (secondary N) is 2. The van der Waals surface area contributed by atoms with E-state index >= 15 is 0 Å². The topological polar surface area (TPSA) is 123 Å². The zero-order valence-electron chi connectivity index (χ0n) is 20.2. The van der Waals surface area contributed by atoms with Crippen molar-refractivity contribution in [2.45, 2.75) is 0 Å². The Labute approximate surface area is 228 Å². The number of carbonyl (C=O) groups excluding carboxylic acids is 4. The maximum Gasteiger partial charge on any atom is 0.343 e. The van der Waals surface area contributed by atoms with Gasteiger partial charge in [-0.25, -0.2) is 15.0 Å². The summed E-state index contributed by atoms with van der Waals surface area (Å²) in [6.07, 6.45) is 1.18. The largest absolute Gasteiger partial charge is 0.423 e. The van der Waals surface area contributed by atoms with Gasteiger partial charge in [-0.2, -0.15) is 5.10 Å². The maximum absolute atomic E-state index is 12.7. The van der Waals surface area contributed by atoms with Gasteiger partial charge in [-0.1, -0.05) is 48.0 Å². The summed E-state index contributed by atoms with van der Waals surface area (Å²) in [6.45, 7) is 0. The van der Waals surface area contributed by atoms with Crippen molar-refractivity contribution in [2.75, 3.05) is 5.32 Å². The second kappa shape index (κ2) is 12.8. The van der Waals surface area contributed by atoms with Crippen LogP contribution in [-0.2, 0) is 9.59 Å². The maximum atomic E-state index is 12.7. The number of carbonyl (C=O) groups is 4. The molecule has 0 aliphatic carbocycles. The molecule has 0 heterocycles. The zero-order valence-corrected chi connectivity index (χ0v) is 20.9. The number of hydrazone groups is 1. The quantitative estimate of drug-likeness (QED) is 0.113. The lowest BCUT2D eigenvalue weighted by Crippen LogP contribution is -2.32. The summed E-state index contributed by atoms with van der Waals surface area (Å²) in [5.74, 6) is -3.13. The predicted octanol–water partition coefficient (Wildman–Crippen LogP) is 4.87. The van der Waals surface area contributed by atoms with Gasteiger partial charge in [0.2, 0.25) is 0 Å². The summed E-state index contributed by atoms with van der Waals surface area (Å²) in [5, 5.41) is 6.68. The summed E-state index contributed by atoms with van der Waals surface area (Å²) in [5.41, 5.74) is 3.37. The SMILES string of the molecule is O=C(N/N=C\c1ccc(OC(=O)c2ccccc2)cc1OC(=O)c1ccccc1)C(=O)Nc1ccc(Cl)cc1. The van der Waals surface area contributed by atoms with Crippen molar-refractivity contribution in [1.29, 1.82) is 0 Å². The molecule has 39 heavy (non-hydrogen) atoms. The van der Waals surface area contributed by atoms with E-state index < -0.39 is 23.8 Å². The van der Waals surface area contributed by atoms with Gasteiger partial charge in [-0.3, -0.25) is 9.59 Å². The fraction of sp³-hybridized carbons (Fsp3) is 0. The molecule has 4 rings (SSSR count). The third-order valence-corrected chi connectivity index (χ3v) is 5.35.